The number of ketones is 1. The standard InChI is InChI=1S/C22H25BrN4O2/c1-4-7-14-8-5-6-9-16(14)19-17-12-15(23)10-11-18(17)27(3)21(29)22(25,26-19)20(28)13(2)24/h5-6,8-13H,4,7,24-25H2,1-3H3/t13-,22?/m0/s1. The van der Waals surface area contributed by atoms with Crippen LogP contribution in [0.15, 0.2) is 51.9 Å². The van der Waals surface area contributed by atoms with Crippen LogP contribution in [0, 0.1) is 0 Å². The first kappa shape index (κ1) is 21.4. The van der Waals surface area contributed by atoms with E-state index in [1.165, 1.54) is 11.8 Å². The topological polar surface area (TPSA) is 102 Å². The third kappa shape index (κ3) is 3.77. The summed E-state index contributed by atoms with van der Waals surface area (Å²) in [5.74, 6) is -1.22. The minimum atomic E-state index is -2.09. The number of aryl methyl sites for hydroxylation is 1. The molecule has 2 aromatic rings. The molecule has 0 aromatic heterocycles. The normalized spacial score (nSPS) is 20.0. The summed E-state index contributed by atoms with van der Waals surface area (Å²) in [6.07, 6.45) is 1.78. The second-order valence-electron chi connectivity index (χ2n) is 7.31. The van der Waals surface area contributed by atoms with Crippen LogP contribution in [-0.4, -0.2) is 36.2 Å². The Hall–Kier alpha value is -2.35. The Labute approximate surface area is 179 Å². The number of benzene rings is 2. The SMILES string of the molecule is CCCc1ccccc1C1=NC(N)(C(=O)[C@H](C)N)C(=O)N(C)c2ccc(Br)cc21. The summed E-state index contributed by atoms with van der Waals surface area (Å²) >= 11 is 3.50. The molecule has 0 bridgehead atoms. The van der Waals surface area contributed by atoms with E-state index in [0.717, 1.165) is 34.0 Å². The van der Waals surface area contributed by atoms with E-state index in [0.29, 0.717) is 11.4 Å². The van der Waals surface area contributed by atoms with Crippen LogP contribution in [-0.2, 0) is 16.0 Å². The average molecular weight is 457 g/mol. The summed E-state index contributed by atoms with van der Waals surface area (Å²) < 4.78 is 0.834. The van der Waals surface area contributed by atoms with E-state index in [1.54, 1.807) is 7.05 Å². The van der Waals surface area contributed by atoms with Crippen LogP contribution in [0.5, 0.6) is 0 Å². The van der Waals surface area contributed by atoms with Crippen molar-refractivity contribution >= 4 is 39.0 Å². The molecular weight excluding hydrogens is 432 g/mol. The Morgan fingerprint density at radius 3 is 2.59 bits per heavy atom. The fraction of sp³-hybridized carbons (Fsp3) is 0.318. The Kier molecular flexibility index (Phi) is 6.03. The molecule has 2 aromatic carbocycles. The molecule has 152 valence electrons. The maximum atomic E-state index is 13.3. The number of Topliss-reactive ketones (excluding diaryl/α,β-unsaturated/α-hetero) is 1. The van der Waals surface area contributed by atoms with Gasteiger partial charge in [0.15, 0.2) is 0 Å². The summed E-state index contributed by atoms with van der Waals surface area (Å²) in [6, 6.07) is 12.5. The van der Waals surface area contributed by atoms with Gasteiger partial charge < -0.3 is 10.6 Å². The number of fused-ring (bicyclic) bond motifs is 1. The van der Waals surface area contributed by atoms with Gasteiger partial charge in [-0.25, -0.2) is 4.99 Å². The van der Waals surface area contributed by atoms with E-state index >= 15 is 0 Å². The number of nitrogens with zero attached hydrogens (tertiary/aromatic N) is 2. The number of aliphatic imine (C=N–C) groups is 1. The molecule has 0 fully saturated rings. The number of hydrogen-bond acceptors (Lipinski definition) is 5. The van der Waals surface area contributed by atoms with Crippen molar-refractivity contribution in [3.63, 3.8) is 0 Å². The molecule has 6 nitrogen and oxygen atoms in total. The van der Waals surface area contributed by atoms with Gasteiger partial charge in [0.25, 0.3) is 5.91 Å². The molecule has 1 unspecified atom stereocenters. The van der Waals surface area contributed by atoms with Crippen LogP contribution in [0.25, 0.3) is 0 Å². The van der Waals surface area contributed by atoms with Gasteiger partial charge in [0.05, 0.1) is 17.4 Å². The molecule has 1 heterocycles. The van der Waals surface area contributed by atoms with Crippen molar-refractivity contribution in [3.05, 3.63) is 63.6 Å². The van der Waals surface area contributed by atoms with Gasteiger partial charge in [0.2, 0.25) is 11.4 Å². The molecule has 4 N–H and O–H groups in total. The average Bonchev–Trinajstić information content (AvgIpc) is 2.78. The quantitative estimate of drug-likeness (QED) is 0.675. The Morgan fingerprint density at radius 1 is 1.24 bits per heavy atom. The molecule has 0 saturated carbocycles. The van der Waals surface area contributed by atoms with Crippen molar-refractivity contribution in [2.75, 3.05) is 11.9 Å². The van der Waals surface area contributed by atoms with Crippen molar-refractivity contribution in [1.82, 2.24) is 0 Å². The second-order valence-corrected chi connectivity index (χ2v) is 8.23. The Morgan fingerprint density at radius 2 is 1.93 bits per heavy atom. The van der Waals surface area contributed by atoms with Gasteiger partial charge in [0, 0.05) is 22.6 Å². The number of rotatable bonds is 5. The van der Waals surface area contributed by atoms with Crippen molar-refractivity contribution in [2.24, 2.45) is 16.5 Å². The molecule has 3 rings (SSSR count). The largest absolute Gasteiger partial charge is 0.322 e. The summed E-state index contributed by atoms with van der Waals surface area (Å²) in [5.41, 5.74) is 13.9. The minimum absolute atomic E-state index is 0.513. The van der Waals surface area contributed by atoms with Crippen molar-refractivity contribution < 1.29 is 9.59 Å². The highest BCUT2D eigenvalue weighted by Crippen LogP contribution is 2.33. The van der Waals surface area contributed by atoms with E-state index in [1.807, 2.05) is 42.5 Å². The zero-order chi connectivity index (χ0) is 21.3. The lowest BCUT2D eigenvalue weighted by Gasteiger charge is -2.27. The zero-order valence-corrected chi connectivity index (χ0v) is 18.4. The fourth-order valence-corrected chi connectivity index (χ4v) is 3.95. The van der Waals surface area contributed by atoms with E-state index < -0.39 is 23.4 Å². The maximum absolute atomic E-state index is 13.3. The van der Waals surface area contributed by atoms with E-state index in [-0.39, 0.29) is 0 Å². The zero-order valence-electron chi connectivity index (χ0n) is 16.8. The Bertz CT molecular complexity index is 1000. The van der Waals surface area contributed by atoms with Crippen LogP contribution in [0.4, 0.5) is 5.69 Å². The highest BCUT2D eigenvalue weighted by Gasteiger charge is 2.48. The summed E-state index contributed by atoms with van der Waals surface area (Å²) in [4.78, 5) is 32.2. The van der Waals surface area contributed by atoms with Crippen LogP contribution in [0.2, 0.25) is 0 Å². The van der Waals surface area contributed by atoms with Crippen molar-refractivity contribution in [1.29, 1.82) is 0 Å². The smallest absolute Gasteiger partial charge is 0.277 e. The minimum Gasteiger partial charge on any atom is -0.322 e. The molecule has 1 amide bonds. The van der Waals surface area contributed by atoms with Gasteiger partial charge in [-0.1, -0.05) is 53.5 Å². The number of halogens is 1. The van der Waals surface area contributed by atoms with E-state index in [2.05, 4.69) is 27.8 Å². The number of benzodiazepines with no additional fused rings is 1. The lowest BCUT2D eigenvalue weighted by atomic mass is 9.93. The summed E-state index contributed by atoms with van der Waals surface area (Å²) in [7, 11) is 1.60. The predicted octanol–water partition coefficient (Wildman–Crippen LogP) is 2.79. The summed E-state index contributed by atoms with van der Waals surface area (Å²) in [6.45, 7) is 3.61. The number of nitrogens with two attached hydrogens (primary N) is 2. The third-order valence-electron chi connectivity index (χ3n) is 5.07. The lowest BCUT2D eigenvalue weighted by molar-refractivity contribution is -0.134. The monoisotopic (exact) mass is 456 g/mol. The molecule has 1 aliphatic rings. The number of hydrogen-bond donors (Lipinski definition) is 2. The van der Waals surface area contributed by atoms with Crippen LogP contribution >= 0.6 is 15.9 Å². The molecule has 7 heteroatoms. The van der Waals surface area contributed by atoms with Crippen LogP contribution < -0.4 is 16.4 Å². The van der Waals surface area contributed by atoms with Gasteiger partial charge in [-0.2, -0.15) is 0 Å². The molecular formula is C22H25BrN4O2. The highest BCUT2D eigenvalue weighted by molar-refractivity contribution is 9.10. The first-order valence-electron chi connectivity index (χ1n) is 9.55. The number of carbonyl (C=O) groups excluding carboxylic acids is 2. The fourth-order valence-electron chi connectivity index (χ4n) is 3.59. The molecule has 2 atom stereocenters. The molecule has 0 saturated heterocycles. The molecule has 1 aliphatic heterocycles. The highest BCUT2D eigenvalue weighted by atomic mass is 79.9. The maximum Gasteiger partial charge on any atom is 0.277 e. The van der Waals surface area contributed by atoms with Gasteiger partial charge in [-0.05, 0) is 37.1 Å². The van der Waals surface area contributed by atoms with Crippen LogP contribution in [0.3, 0.4) is 0 Å². The number of carbonyl (C=O) groups is 2. The van der Waals surface area contributed by atoms with E-state index in [4.69, 9.17) is 11.5 Å². The number of amides is 1. The van der Waals surface area contributed by atoms with Gasteiger partial charge >= 0.3 is 0 Å². The van der Waals surface area contributed by atoms with Crippen molar-refractivity contribution in [2.45, 2.75) is 38.4 Å². The first-order valence-corrected chi connectivity index (χ1v) is 10.3. The molecule has 0 radical (unpaired) electrons. The van der Waals surface area contributed by atoms with Gasteiger partial charge in [-0.3, -0.25) is 15.3 Å². The van der Waals surface area contributed by atoms with Crippen LogP contribution in [0.1, 0.15) is 37.0 Å². The number of likely N-dealkylation sites (N-methyl/N-ethyl adjacent to an activating group) is 1. The summed E-state index contributed by atoms with van der Waals surface area (Å²) in [5, 5.41) is 0. The van der Waals surface area contributed by atoms with Crippen molar-refractivity contribution in [3.8, 4) is 0 Å². The molecule has 29 heavy (non-hydrogen) atoms. The second kappa shape index (κ2) is 8.18. The predicted molar refractivity (Wildman–Crippen MR) is 119 cm³/mol. The van der Waals surface area contributed by atoms with Gasteiger partial charge in [0.1, 0.15) is 0 Å². The number of anilines is 1. The molecule has 0 aliphatic carbocycles. The third-order valence-corrected chi connectivity index (χ3v) is 5.57. The Balaban J connectivity index is 2.38. The molecule has 0 spiro atoms. The lowest BCUT2D eigenvalue weighted by Crippen LogP contribution is -2.62. The van der Waals surface area contributed by atoms with E-state index in [9.17, 15) is 9.59 Å². The first-order chi connectivity index (χ1) is 13.7. The van der Waals surface area contributed by atoms with Gasteiger partial charge in [-0.15, -0.1) is 0 Å².